The zero-order valence-electron chi connectivity index (χ0n) is 12.4. The van der Waals surface area contributed by atoms with E-state index in [0.717, 1.165) is 5.92 Å². The molecule has 0 radical (unpaired) electrons. The van der Waals surface area contributed by atoms with Crippen LogP contribution in [-0.2, 0) is 0 Å². The molecule has 1 aliphatic heterocycles. The Labute approximate surface area is 117 Å². The minimum atomic E-state index is 0.550. The second-order valence-corrected chi connectivity index (χ2v) is 7.70. The summed E-state index contributed by atoms with van der Waals surface area (Å²) < 4.78 is 0.550. The Hall–Kier alpha value is 0.270. The van der Waals surface area contributed by atoms with Crippen LogP contribution in [-0.4, -0.2) is 48.6 Å². The highest BCUT2D eigenvalue weighted by Crippen LogP contribution is 2.39. The highest BCUT2D eigenvalue weighted by atomic mass is 32.2. The number of thioether (sulfide) groups is 1. The Bertz CT molecular complexity index is 251. The Kier molecular flexibility index (Phi) is 5.40. The van der Waals surface area contributed by atoms with Gasteiger partial charge < -0.3 is 10.2 Å². The molecule has 0 spiro atoms. The second kappa shape index (κ2) is 6.62. The number of likely N-dealkylation sites (tertiary alicyclic amines) is 1. The molecule has 2 rings (SSSR count). The largest absolute Gasteiger partial charge is 0.313 e. The zero-order valence-corrected chi connectivity index (χ0v) is 13.2. The first kappa shape index (κ1) is 14.7. The number of nitrogens with one attached hydrogen (secondary N) is 1. The summed E-state index contributed by atoms with van der Waals surface area (Å²) in [6.07, 6.45) is 10.8. The van der Waals surface area contributed by atoms with Gasteiger partial charge in [0.2, 0.25) is 0 Å². The van der Waals surface area contributed by atoms with Crippen LogP contribution in [0.2, 0.25) is 0 Å². The van der Waals surface area contributed by atoms with E-state index in [0.29, 0.717) is 10.8 Å². The normalized spacial score (nSPS) is 30.5. The minimum Gasteiger partial charge on any atom is -0.313 e. The molecule has 106 valence electrons. The van der Waals surface area contributed by atoms with E-state index in [1.807, 2.05) is 0 Å². The summed E-state index contributed by atoms with van der Waals surface area (Å²) in [6.45, 7) is 6.18. The van der Waals surface area contributed by atoms with E-state index in [-0.39, 0.29) is 0 Å². The lowest BCUT2D eigenvalue weighted by molar-refractivity contribution is 0.177. The van der Waals surface area contributed by atoms with Crippen LogP contribution in [0.4, 0.5) is 0 Å². The maximum Gasteiger partial charge on any atom is 0.0281 e. The summed E-state index contributed by atoms with van der Waals surface area (Å²) in [5.41, 5.74) is 0. The minimum absolute atomic E-state index is 0.550. The lowest BCUT2D eigenvalue weighted by Crippen LogP contribution is -2.47. The molecule has 2 atom stereocenters. The van der Waals surface area contributed by atoms with Crippen LogP contribution < -0.4 is 5.32 Å². The van der Waals surface area contributed by atoms with Crippen LogP contribution >= 0.6 is 11.8 Å². The van der Waals surface area contributed by atoms with Gasteiger partial charge in [-0.25, -0.2) is 0 Å². The number of hydrogen-bond donors (Lipinski definition) is 1. The molecule has 0 bridgehead atoms. The van der Waals surface area contributed by atoms with Gasteiger partial charge in [-0.3, -0.25) is 0 Å². The number of hydrogen-bond acceptors (Lipinski definition) is 3. The van der Waals surface area contributed by atoms with Crippen molar-refractivity contribution in [2.24, 2.45) is 5.92 Å². The fraction of sp³-hybridized carbons (Fsp3) is 1.00. The predicted molar refractivity (Wildman–Crippen MR) is 82.4 cm³/mol. The molecule has 2 fully saturated rings. The van der Waals surface area contributed by atoms with Crippen molar-refractivity contribution in [3.8, 4) is 0 Å². The molecule has 1 saturated carbocycles. The molecular weight excluding hydrogens is 240 g/mol. The first-order chi connectivity index (χ1) is 8.65. The summed E-state index contributed by atoms with van der Waals surface area (Å²) in [4.78, 5) is 2.49. The van der Waals surface area contributed by atoms with E-state index in [1.165, 1.54) is 58.2 Å². The fourth-order valence-electron chi connectivity index (χ4n) is 3.60. The van der Waals surface area contributed by atoms with Crippen LogP contribution in [0.1, 0.15) is 45.4 Å². The summed E-state index contributed by atoms with van der Waals surface area (Å²) in [5.74, 6) is 0.851. The quantitative estimate of drug-likeness (QED) is 0.827. The molecular formula is C15H30N2S. The maximum absolute atomic E-state index is 3.86. The van der Waals surface area contributed by atoms with Gasteiger partial charge in [-0.2, -0.15) is 11.8 Å². The van der Waals surface area contributed by atoms with E-state index in [2.05, 4.69) is 42.2 Å². The van der Waals surface area contributed by atoms with Crippen molar-refractivity contribution >= 4 is 11.8 Å². The first-order valence-corrected chi connectivity index (χ1v) is 8.85. The molecule has 1 N–H and O–H groups in total. The third-order valence-corrected chi connectivity index (χ3v) is 6.48. The second-order valence-electron chi connectivity index (χ2n) is 6.43. The molecule has 2 unspecified atom stereocenters. The van der Waals surface area contributed by atoms with Crippen molar-refractivity contribution in [2.45, 2.75) is 56.2 Å². The van der Waals surface area contributed by atoms with E-state index in [9.17, 15) is 0 Å². The molecule has 1 heterocycles. The monoisotopic (exact) mass is 270 g/mol. The molecule has 3 heteroatoms. The molecule has 0 aromatic heterocycles. The van der Waals surface area contributed by atoms with Crippen molar-refractivity contribution in [2.75, 3.05) is 32.9 Å². The van der Waals surface area contributed by atoms with Crippen molar-refractivity contribution < 1.29 is 0 Å². The molecule has 0 aromatic carbocycles. The Morgan fingerprint density at radius 3 is 2.67 bits per heavy atom. The molecule has 0 amide bonds. The molecule has 18 heavy (non-hydrogen) atoms. The highest BCUT2D eigenvalue weighted by molar-refractivity contribution is 8.00. The third-order valence-electron chi connectivity index (χ3n) is 5.06. The van der Waals surface area contributed by atoms with Gasteiger partial charge in [-0.15, -0.1) is 0 Å². The maximum atomic E-state index is 3.86. The molecule has 2 nitrogen and oxygen atoms in total. The lowest BCUT2D eigenvalue weighted by atomic mass is 9.91. The average molecular weight is 270 g/mol. The van der Waals surface area contributed by atoms with Crippen LogP contribution in [0, 0.1) is 5.92 Å². The van der Waals surface area contributed by atoms with Gasteiger partial charge in [0, 0.05) is 23.9 Å². The zero-order chi connectivity index (χ0) is 13.0. The number of nitrogens with zero attached hydrogens (tertiary/aromatic N) is 1. The Morgan fingerprint density at radius 1 is 1.33 bits per heavy atom. The molecule has 2 aliphatic rings. The summed E-state index contributed by atoms with van der Waals surface area (Å²) in [6, 6.07) is 0.678. The lowest BCUT2D eigenvalue weighted by Gasteiger charge is -2.36. The van der Waals surface area contributed by atoms with Gasteiger partial charge >= 0.3 is 0 Å². The summed E-state index contributed by atoms with van der Waals surface area (Å²) in [5, 5.41) is 3.86. The standard InChI is InChI=1S/C15H30N2S/c1-13(14-7-6-10-17(2)11-14)16-12-15(18-3)8-4-5-9-15/h13-14,16H,4-12H2,1-3H3. The predicted octanol–water partition coefficient (Wildman–Crippen LogP) is 2.98. The van der Waals surface area contributed by atoms with Crippen molar-refractivity contribution in [3.05, 3.63) is 0 Å². The average Bonchev–Trinajstić information content (AvgIpc) is 2.85. The molecule has 0 aromatic rings. The van der Waals surface area contributed by atoms with Gasteiger partial charge in [0.05, 0.1) is 0 Å². The smallest absolute Gasteiger partial charge is 0.0281 e. The Balaban J connectivity index is 1.78. The summed E-state index contributed by atoms with van der Waals surface area (Å²) >= 11 is 2.10. The topological polar surface area (TPSA) is 15.3 Å². The van der Waals surface area contributed by atoms with Crippen molar-refractivity contribution in [3.63, 3.8) is 0 Å². The van der Waals surface area contributed by atoms with Gasteiger partial charge in [0.25, 0.3) is 0 Å². The van der Waals surface area contributed by atoms with Gasteiger partial charge in [-0.05, 0) is 58.4 Å². The molecule has 1 aliphatic carbocycles. The number of piperidine rings is 1. The van der Waals surface area contributed by atoms with Gasteiger partial charge in [0.15, 0.2) is 0 Å². The van der Waals surface area contributed by atoms with Crippen LogP contribution in [0.25, 0.3) is 0 Å². The van der Waals surface area contributed by atoms with Crippen LogP contribution in [0.5, 0.6) is 0 Å². The van der Waals surface area contributed by atoms with E-state index < -0.39 is 0 Å². The van der Waals surface area contributed by atoms with E-state index >= 15 is 0 Å². The van der Waals surface area contributed by atoms with E-state index in [4.69, 9.17) is 0 Å². The highest BCUT2D eigenvalue weighted by Gasteiger charge is 2.33. The fourth-order valence-corrected chi connectivity index (χ4v) is 4.53. The molecule has 1 saturated heterocycles. The van der Waals surface area contributed by atoms with E-state index in [1.54, 1.807) is 0 Å². The summed E-state index contributed by atoms with van der Waals surface area (Å²) in [7, 11) is 2.26. The first-order valence-electron chi connectivity index (χ1n) is 7.62. The third kappa shape index (κ3) is 3.64. The number of rotatable bonds is 5. The van der Waals surface area contributed by atoms with Crippen molar-refractivity contribution in [1.29, 1.82) is 0 Å². The van der Waals surface area contributed by atoms with Crippen molar-refractivity contribution in [1.82, 2.24) is 10.2 Å². The van der Waals surface area contributed by atoms with Gasteiger partial charge in [-0.1, -0.05) is 12.8 Å². The van der Waals surface area contributed by atoms with Gasteiger partial charge in [0.1, 0.15) is 0 Å². The SMILES string of the molecule is CSC1(CNC(C)C2CCCN(C)C2)CCCC1. The Morgan fingerprint density at radius 2 is 2.06 bits per heavy atom. The van der Waals surface area contributed by atoms with Crippen LogP contribution in [0.3, 0.4) is 0 Å². The van der Waals surface area contributed by atoms with Crippen LogP contribution in [0.15, 0.2) is 0 Å².